The van der Waals surface area contributed by atoms with Crippen LogP contribution >= 0.6 is 11.3 Å². The van der Waals surface area contributed by atoms with Crippen molar-refractivity contribution in [1.82, 2.24) is 14.5 Å². The molecule has 1 amide bonds. The number of rotatable bonds is 7. The summed E-state index contributed by atoms with van der Waals surface area (Å²) in [6, 6.07) is 0. The number of hydrogen-bond acceptors (Lipinski definition) is 5. The molecule has 136 valence electrons. The van der Waals surface area contributed by atoms with Gasteiger partial charge in [-0.15, -0.1) is 11.3 Å². The van der Waals surface area contributed by atoms with E-state index in [0.29, 0.717) is 26.1 Å². The molecule has 0 unspecified atom stereocenters. The second kappa shape index (κ2) is 8.10. The molecule has 6 nitrogen and oxygen atoms in total. The van der Waals surface area contributed by atoms with Crippen molar-refractivity contribution in [3.8, 4) is 0 Å². The van der Waals surface area contributed by atoms with Gasteiger partial charge in [0.15, 0.2) is 0 Å². The quantitative estimate of drug-likeness (QED) is 0.708. The molecule has 0 saturated carbocycles. The molecular formula is C18H25N3O3S. The Morgan fingerprint density at radius 1 is 1.40 bits per heavy atom. The third-order valence-electron chi connectivity index (χ3n) is 4.78. The monoisotopic (exact) mass is 363 g/mol. The van der Waals surface area contributed by atoms with Gasteiger partial charge in [-0.05, 0) is 37.7 Å². The van der Waals surface area contributed by atoms with Crippen molar-refractivity contribution in [1.29, 1.82) is 0 Å². The minimum atomic E-state index is -0.000707. The normalized spacial score (nSPS) is 13.8. The van der Waals surface area contributed by atoms with Crippen LogP contribution in [0.1, 0.15) is 36.1 Å². The first-order chi connectivity index (χ1) is 12.1. The number of fused-ring (bicyclic) bond motifs is 3. The van der Waals surface area contributed by atoms with Crippen LogP contribution in [0.2, 0.25) is 0 Å². The zero-order valence-electron chi connectivity index (χ0n) is 14.9. The first-order valence-electron chi connectivity index (χ1n) is 8.84. The Labute approximate surface area is 151 Å². The standard InChI is InChI=1S/C18H25N3O3S/c1-20(9-5-11-24-2)15(22)8-10-21-12-19-17-16(18(21)23)13-6-3-4-7-14(13)25-17/h12H,3-11H2,1-2H3. The third kappa shape index (κ3) is 3.93. The molecule has 3 rings (SSSR count). The molecule has 0 saturated heterocycles. The van der Waals surface area contributed by atoms with E-state index in [2.05, 4.69) is 4.98 Å². The smallest absolute Gasteiger partial charge is 0.262 e. The van der Waals surface area contributed by atoms with Crippen molar-refractivity contribution in [2.45, 2.75) is 45.1 Å². The van der Waals surface area contributed by atoms with Gasteiger partial charge in [0.05, 0.1) is 11.7 Å². The number of thiophene rings is 1. The highest BCUT2D eigenvalue weighted by Crippen LogP contribution is 2.33. The fourth-order valence-corrected chi connectivity index (χ4v) is 4.54. The summed E-state index contributed by atoms with van der Waals surface area (Å²) in [5.41, 5.74) is 1.19. The Hall–Kier alpha value is -1.73. The number of carbonyl (C=O) groups is 1. The van der Waals surface area contributed by atoms with Gasteiger partial charge in [0.1, 0.15) is 4.83 Å². The highest BCUT2D eigenvalue weighted by atomic mass is 32.1. The van der Waals surface area contributed by atoms with E-state index in [1.807, 2.05) is 0 Å². The van der Waals surface area contributed by atoms with E-state index in [0.717, 1.165) is 35.9 Å². The molecule has 0 bridgehead atoms. The van der Waals surface area contributed by atoms with Crippen LogP contribution in [-0.2, 0) is 28.9 Å². The lowest BCUT2D eigenvalue weighted by Gasteiger charge is -2.17. The Kier molecular flexibility index (Phi) is 5.86. The van der Waals surface area contributed by atoms with E-state index >= 15 is 0 Å². The topological polar surface area (TPSA) is 64.4 Å². The minimum absolute atomic E-state index is 0.000707. The van der Waals surface area contributed by atoms with Gasteiger partial charge in [-0.25, -0.2) is 4.98 Å². The molecule has 1 aliphatic rings. The molecule has 0 fully saturated rings. The summed E-state index contributed by atoms with van der Waals surface area (Å²) in [5, 5.41) is 0.781. The lowest BCUT2D eigenvalue weighted by atomic mass is 9.97. The van der Waals surface area contributed by atoms with Crippen molar-refractivity contribution in [3.05, 3.63) is 27.1 Å². The summed E-state index contributed by atoms with van der Waals surface area (Å²) in [6.07, 6.45) is 7.06. The van der Waals surface area contributed by atoms with Crippen LogP contribution in [0.4, 0.5) is 0 Å². The molecule has 0 radical (unpaired) electrons. The zero-order valence-corrected chi connectivity index (χ0v) is 15.7. The lowest BCUT2D eigenvalue weighted by Crippen LogP contribution is -2.30. The van der Waals surface area contributed by atoms with Crippen LogP contribution in [-0.4, -0.2) is 47.7 Å². The largest absolute Gasteiger partial charge is 0.385 e. The molecule has 2 heterocycles. The van der Waals surface area contributed by atoms with Gasteiger partial charge < -0.3 is 9.64 Å². The fraction of sp³-hybridized carbons (Fsp3) is 0.611. The van der Waals surface area contributed by atoms with Gasteiger partial charge in [0.2, 0.25) is 5.91 Å². The summed E-state index contributed by atoms with van der Waals surface area (Å²) in [6.45, 7) is 1.68. The predicted octanol–water partition coefficient (Wildman–Crippen LogP) is 2.22. The third-order valence-corrected chi connectivity index (χ3v) is 5.98. The van der Waals surface area contributed by atoms with Gasteiger partial charge in [0.25, 0.3) is 5.56 Å². The summed E-state index contributed by atoms with van der Waals surface area (Å²) >= 11 is 1.65. The molecule has 0 spiro atoms. The Balaban J connectivity index is 1.71. The maximum atomic E-state index is 12.8. The Morgan fingerprint density at radius 2 is 2.20 bits per heavy atom. The SMILES string of the molecule is COCCCN(C)C(=O)CCn1cnc2sc3c(c2c1=O)CCCC3. The number of ether oxygens (including phenoxy) is 1. The van der Waals surface area contributed by atoms with E-state index in [1.54, 1.807) is 41.3 Å². The molecular weight excluding hydrogens is 338 g/mol. The lowest BCUT2D eigenvalue weighted by molar-refractivity contribution is -0.130. The second-order valence-corrected chi connectivity index (χ2v) is 7.63. The summed E-state index contributed by atoms with van der Waals surface area (Å²) < 4.78 is 6.59. The van der Waals surface area contributed by atoms with E-state index in [4.69, 9.17) is 4.74 Å². The van der Waals surface area contributed by atoms with E-state index < -0.39 is 0 Å². The predicted molar refractivity (Wildman–Crippen MR) is 99.3 cm³/mol. The molecule has 0 atom stereocenters. The minimum Gasteiger partial charge on any atom is -0.385 e. The van der Waals surface area contributed by atoms with Crippen LogP contribution in [0.5, 0.6) is 0 Å². The van der Waals surface area contributed by atoms with Crippen molar-refractivity contribution < 1.29 is 9.53 Å². The number of amides is 1. The highest BCUT2D eigenvalue weighted by molar-refractivity contribution is 7.18. The maximum absolute atomic E-state index is 12.8. The molecule has 2 aromatic heterocycles. The molecule has 0 aromatic carbocycles. The number of carbonyl (C=O) groups excluding carboxylic acids is 1. The van der Waals surface area contributed by atoms with Gasteiger partial charge in [-0.3, -0.25) is 14.2 Å². The van der Waals surface area contributed by atoms with E-state index in [9.17, 15) is 9.59 Å². The number of aromatic nitrogens is 2. The van der Waals surface area contributed by atoms with Crippen molar-refractivity contribution in [3.63, 3.8) is 0 Å². The van der Waals surface area contributed by atoms with E-state index in [1.165, 1.54) is 16.9 Å². The maximum Gasteiger partial charge on any atom is 0.262 e. The highest BCUT2D eigenvalue weighted by Gasteiger charge is 2.20. The molecule has 0 aliphatic heterocycles. The average molecular weight is 363 g/mol. The fourth-order valence-electron chi connectivity index (χ4n) is 3.32. The number of aryl methyl sites for hydroxylation is 3. The number of methoxy groups -OCH3 is 1. The zero-order chi connectivity index (χ0) is 17.8. The second-order valence-electron chi connectivity index (χ2n) is 6.55. The van der Waals surface area contributed by atoms with Crippen LogP contribution in [0.15, 0.2) is 11.1 Å². The number of nitrogens with zero attached hydrogens (tertiary/aromatic N) is 3. The molecule has 1 aliphatic carbocycles. The molecule has 2 aromatic rings. The van der Waals surface area contributed by atoms with Crippen molar-refractivity contribution in [2.75, 3.05) is 27.3 Å². The first kappa shape index (κ1) is 18.1. The van der Waals surface area contributed by atoms with Crippen LogP contribution < -0.4 is 5.56 Å². The number of hydrogen-bond donors (Lipinski definition) is 0. The van der Waals surface area contributed by atoms with Gasteiger partial charge >= 0.3 is 0 Å². The summed E-state index contributed by atoms with van der Waals surface area (Å²) in [4.78, 5) is 33.4. The van der Waals surface area contributed by atoms with E-state index in [-0.39, 0.29) is 11.5 Å². The summed E-state index contributed by atoms with van der Waals surface area (Å²) in [7, 11) is 3.44. The van der Waals surface area contributed by atoms with Gasteiger partial charge in [-0.1, -0.05) is 0 Å². The van der Waals surface area contributed by atoms with Crippen LogP contribution in [0, 0.1) is 0 Å². The van der Waals surface area contributed by atoms with Crippen LogP contribution in [0.25, 0.3) is 10.2 Å². The summed E-state index contributed by atoms with van der Waals surface area (Å²) in [5.74, 6) is 0.0375. The molecule has 7 heteroatoms. The Bertz CT molecular complexity index is 812. The van der Waals surface area contributed by atoms with Gasteiger partial charge in [-0.2, -0.15) is 0 Å². The van der Waals surface area contributed by atoms with Crippen molar-refractivity contribution in [2.24, 2.45) is 0 Å². The van der Waals surface area contributed by atoms with Crippen molar-refractivity contribution >= 4 is 27.5 Å². The molecule has 0 N–H and O–H groups in total. The van der Waals surface area contributed by atoms with Gasteiger partial charge in [0, 0.05) is 45.2 Å². The first-order valence-corrected chi connectivity index (χ1v) is 9.66. The molecule has 25 heavy (non-hydrogen) atoms. The average Bonchev–Trinajstić information content (AvgIpc) is 3.00. The van der Waals surface area contributed by atoms with Crippen LogP contribution in [0.3, 0.4) is 0 Å². The Morgan fingerprint density at radius 3 is 3.00 bits per heavy atom.